The Morgan fingerprint density at radius 1 is 0.968 bits per heavy atom. The molecule has 9 heteroatoms. The molecule has 0 saturated carbocycles. The van der Waals surface area contributed by atoms with Gasteiger partial charge in [-0.1, -0.05) is 17.7 Å². The van der Waals surface area contributed by atoms with Crippen molar-refractivity contribution in [1.82, 2.24) is 19.5 Å². The highest BCUT2D eigenvalue weighted by Gasteiger charge is 2.08. The van der Waals surface area contributed by atoms with Gasteiger partial charge in [-0.05, 0) is 55.8 Å². The van der Waals surface area contributed by atoms with Crippen LogP contribution in [0.2, 0.25) is 5.02 Å². The molecule has 2 heterocycles. The predicted molar refractivity (Wildman–Crippen MR) is 122 cm³/mol. The van der Waals surface area contributed by atoms with Crippen molar-refractivity contribution in [3.05, 3.63) is 83.7 Å². The van der Waals surface area contributed by atoms with E-state index in [1.165, 1.54) is 6.33 Å². The molecule has 0 radical (unpaired) electrons. The third-order valence-electron chi connectivity index (χ3n) is 4.66. The largest absolute Gasteiger partial charge is 0.340 e. The van der Waals surface area contributed by atoms with Gasteiger partial charge in [0.15, 0.2) is 0 Å². The molecule has 0 spiro atoms. The summed E-state index contributed by atoms with van der Waals surface area (Å²) in [5.74, 6) is 2.21. The van der Waals surface area contributed by atoms with E-state index in [2.05, 4.69) is 30.9 Å². The summed E-state index contributed by atoms with van der Waals surface area (Å²) >= 11 is 6.10. The molecule has 0 unspecified atom stereocenters. The molecule has 156 valence electrons. The van der Waals surface area contributed by atoms with E-state index in [9.17, 15) is 4.79 Å². The highest BCUT2D eigenvalue weighted by atomic mass is 35.5. The van der Waals surface area contributed by atoms with Crippen LogP contribution >= 0.6 is 11.6 Å². The molecule has 0 atom stereocenters. The SMILES string of the molecule is Cc1c(Cl)cccc1NC(=O)Nc1ccc(Nc2cc(-n3ccnc3C)ncn2)cc1. The number of rotatable bonds is 5. The summed E-state index contributed by atoms with van der Waals surface area (Å²) in [4.78, 5) is 25.1. The second-order valence-electron chi connectivity index (χ2n) is 6.80. The number of hydrogen-bond donors (Lipinski definition) is 3. The van der Waals surface area contributed by atoms with E-state index in [0.717, 1.165) is 22.9 Å². The zero-order chi connectivity index (χ0) is 21.8. The topological polar surface area (TPSA) is 96.8 Å². The second-order valence-corrected chi connectivity index (χ2v) is 7.21. The molecule has 0 aliphatic rings. The number of nitrogens with one attached hydrogen (secondary N) is 3. The number of hydrogen-bond acceptors (Lipinski definition) is 5. The molecule has 4 aromatic rings. The van der Waals surface area contributed by atoms with Crippen LogP contribution in [-0.2, 0) is 0 Å². The summed E-state index contributed by atoms with van der Waals surface area (Å²) in [5.41, 5.74) is 2.95. The van der Waals surface area contributed by atoms with Crippen molar-refractivity contribution in [2.24, 2.45) is 0 Å². The van der Waals surface area contributed by atoms with E-state index in [4.69, 9.17) is 11.6 Å². The average Bonchev–Trinajstić information content (AvgIpc) is 3.19. The van der Waals surface area contributed by atoms with Gasteiger partial charge in [0.25, 0.3) is 0 Å². The Bertz CT molecular complexity index is 1220. The maximum atomic E-state index is 12.3. The van der Waals surface area contributed by atoms with Crippen molar-refractivity contribution >= 4 is 40.5 Å². The molecule has 31 heavy (non-hydrogen) atoms. The smallest absolute Gasteiger partial charge is 0.323 e. The molecule has 0 aliphatic heterocycles. The summed E-state index contributed by atoms with van der Waals surface area (Å²) in [6, 6.07) is 14.2. The number of benzene rings is 2. The van der Waals surface area contributed by atoms with E-state index < -0.39 is 0 Å². The Morgan fingerprint density at radius 2 is 1.74 bits per heavy atom. The Kier molecular flexibility index (Phi) is 5.81. The number of carbonyl (C=O) groups excluding carboxylic acids is 1. The first kappa shape index (κ1) is 20.4. The molecule has 0 aliphatic carbocycles. The number of imidazole rings is 1. The van der Waals surface area contributed by atoms with Crippen LogP contribution in [0.25, 0.3) is 5.82 Å². The van der Waals surface area contributed by atoms with Crippen LogP contribution in [0.1, 0.15) is 11.4 Å². The van der Waals surface area contributed by atoms with Gasteiger partial charge in [0.2, 0.25) is 0 Å². The number of halogens is 1. The third kappa shape index (κ3) is 4.81. The van der Waals surface area contributed by atoms with Crippen molar-refractivity contribution in [3.8, 4) is 5.82 Å². The monoisotopic (exact) mass is 433 g/mol. The Balaban J connectivity index is 1.40. The molecule has 0 fully saturated rings. The first-order valence-electron chi connectivity index (χ1n) is 9.52. The molecule has 0 saturated heterocycles. The zero-order valence-corrected chi connectivity index (χ0v) is 17.7. The fraction of sp³-hybridized carbons (Fsp3) is 0.0909. The number of urea groups is 1. The molecule has 2 amide bonds. The Morgan fingerprint density at radius 3 is 2.48 bits per heavy atom. The lowest BCUT2D eigenvalue weighted by atomic mass is 10.2. The number of carbonyl (C=O) groups is 1. The normalized spacial score (nSPS) is 10.5. The summed E-state index contributed by atoms with van der Waals surface area (Å²) in [5, 5.41) is 9.44. The minimum Gasteiger partial charge on any atom is -0.340 e. The van der Waals surface area contributed by atoms with Gasteiger partial charge in [-0.15, -0.1) is 0 Å². The molecule has 4 rings (SSSR count). The first-order chi connectivity index (χ1) is 15.0. The molecule has 2 aromatic heterocycles. The molecular formula is C22H20ClN7O. The second kappa shape index (κ2) is 8.85. The van der Waals surface area contributed by atoms with Gasteiger partial charge >= 0.3 is 6.03 Å². The van der Waals surface area contributed by atoms with Gasteiger partial charge in [-0.3, -0.25) is 4.57 Å². The molecule has 3 N–H and O–H groups in total. The summed E-state index contributed by atoms with van der Waals surface area (Å²) < 4.78 is 1.88. The Hall–Kier alpha value is -3.91. The fourth-order valence-electron chi connectivity index (χ4n) is 2.98. The summed E-state index contributed by atoms with van der Waals surface area (Å²) in [7, 11) is 0. The third-order valence-corrected chi connectivity index (χ3v) is 5.07. The van der Waals surface area contributed by atoms with Crippen LogP contribution in [0.3, 0.4) is 0 Å². The highest BCUT2D eigenvalue weighted by molar-refractivity contribution is 6.31. The van der Waals surface area contributed by atoms with E-state index in [1.807, 2.05) is 42.8 Å². The highest BCUT2D eigenvalue weighted by Crippen LogP contribution is 2.23. The van der Waals surface area contributed by atoms with Gasteiger partial charge < -0.3 is 16.0 Å². The number of amides is 2. The van der Waals surface area contributed by atoms with E-state index in [0.29, 0.717) is 22.2 Å². The lowest BCUT2D eigenvalue weighted by Crippen LogP contribution is -2.19. The van der Waals surface area contributed by atoms with Crippen LogP contribution < -0.4 is 16.0 Å². The number of nitrogens with zero attached hydrogens (tertiary/aromatic N) is 4. The molecule has 8 nitrogen and oxygen atoms in total. The van der Waals surface area contributed by atoms with Gasteiger partial charge in [-0.25, -0.2) is 19.7 Å². The van der Waals surface area contributed by atoms with Gasteiger partial charge in [0.05, 0.1) is 0 Å². The summed E-state index contributed by atoms with van der Waals surface area (Å²) in [6.07, 6.45) is 5.06. The van der Waals surface area contributed by atoms with E-state index in [1.54, 1.807) is 36.5 Å². The van der Waals surface area contributed by atoms with Crippen LogP contribution in [0.5, 0.6) is 0 Å². The lowest BCUT2D eigenvalue weighted by Gasteiger charge is -2.12. The quantitative estimate of drug-likeness (QED) is 0.395. The molecule has 2 aromatic carbocycles. The minimum atomic E-state index is -0.345. The Labute approximate surface area is 184 Å². The van der Waals surface area contributed by atoms with Crippen LogP contribution in [0, 0.1) is 13.8 Å². The van der Waals surface area contributed by atoms with Crippen molar-refractivity contribution < 1.29 is 4.79 Å². The van der Waals surface area contributed by atoms with Gasteiger partial charge in [0, 0.05) is 40.5 Å². The lowest BCUT2D eigenvalue weighted by molar-refractivity contribution is 0.262. The van der Waals surface area contributed by atoms with Gasteiger partial charge in [-0.2, -0.15) is 0 Å². The zero-order valence-electron chi connectivity index (χ0n) is 16.9. The average molecular weight is 434 g/mol. The number of aryl methyl sites for hydroxylation is 1. The van der Waals surface area contributed by atoms with Crippen molar-refractivity contribution in [2.45, 2.75) is 13.8 Å². The molecule has 0 bridgehead atoms. The van der Waals surface area contributed by atoms with E-state index >= 15 is 0 Å². The van der Waals surface area contributed by atoms with Crippen molar-refractivity contribution in [2.75, 3.05) is 16.0 Å². The first-order valence-corrected chi connectivity index (χ1v) is 9.90. The molecular weight excluding hydrogens is 414 g/mol. The van der Waals surface area contributed by atoms with Crippen molar-refractivity contribution in [1.29, 1.82) is 0 Å². The maximum Gasteiger partial charge on any atom is 0.323 e. The van der Waals surface area contributed by atoms with Crippen LogP contribution in [-0.4, -0.2) is 25.6 Å². The standard InChI is InChI=1S/C22H20ClN7O/c1-14-18(23)4-3-5-19(14)29-22(31)28-17-8-6-16(7-9-17)27-20-12-21(26-13-25-20)30-11-10-24-15(30)2/h3-13H,1-2H3,(H,25,26,27)(H2,28,29,31). The summed E-state index contributed by atoms with van der Waals surface area (Å²) in [6.45, 7) is 3.76. The van der Waals surface area contributed by atoms with Crippen molar-refractivity contribution in [3.63, 3.8) is 0 Å². The van der Waals surface area contributed by atoms with Crippen LogP contribution in [0.4, 0.5) is 27.7 Å². The maximum absolute atomic E-state index is 12.3. The van der Waals surface area contributed by atoms with Gasteiger partial charge in [0.1, 0.15) is 23.8 Å². The minimum absolute atomic E-state index is 0.345. The number of aromatic nitrogens is 4. The predicted octanol–water partition coefficient (Wildman–Crippen LogP) is 5.32. The van der Waals surface area contributed by atoms with E-state index in [-0.39, 0.29) is 6.03 Å². The number of anilines is 4. The van der Waals surface area contributed by atoms with Crippen LogP contribution in [0.15, 0.2) is 67.3 Å². The fourth-order valence-corrected chi connectivity index (χ4v) is 3.15.